The number of nitrogens with one attached hydrogen (secondary N) is 1. The van der Waals surface area contributed by atoms with Crippen LogP contribution in [0.1, 0.15) is 34.0 Å². The smallest absolute Gasteiger partial charge is 0.414 e. The number of carboxylic acids is 1. The number of anilines is 1. The number of amides is 2. The first-order chi connectivity index (χ1) is 17.0. The molecule has 10 heteroatoms. The van der Waals surface area contributed by atoms with Crippen molar-refractivity contribution >= 4 is 23.9 Å². The Hall–Kier alpha value is -4.18. The van der Waals surface area contributed by atoms with Crippen molar-refractivity contribution in [1.82, 2.24) is 10.1 Å². The summed E-state index contributed by atoms with van der Waals surface area (Å²) in [5, 5.41) is 15.3. The number of benzene rings is 2. The lowest BCUT2D eigenvalue weighted by atomic mass is 9.98. The fourth-order valence-corrected chi connectivity index (χ4v) is 4.61. The van der Waals surface area contributed by atoms with Crippen LogP contribution < -0.4 is 5.32 Å². The summed E-state index contributed by atoms with van der Waals surface area (Å²) in [6.07, 6.45) is -0.980. The molecular weight excluding hydrogens is 454 g/mol. The van der Waals surface area contributed by atoms with E-state index in [2.05, 4.69) is 22.6 Å². The van der Waals surface area contributed by atoms with Crippen LogP contribution in [0.15, 0.2) is 59.1 Å². The molecule has 1 unspecified atom stereocenters. The molecule has 180 valence electrons. The Kier molecular flexibility index (Phi) is 6.19. The second-order valence-electron chi connectivity index (χ2n) is 8.35. The van der Waals surface area contributed by atoms with Crippen LogP contribution in [0.3, 0.4) is 0 Å². The molecule has 1 atom stereocenters. The SMILES string of the molecule is O=C(O)CC1COCCN1C(=O)c1cc(NC(=O)OCC2c3ccccc3-c3ccccc32)on1. The van der Waals surface area contributed by atoms with E-state index in [1.165, 1.54) is 11.0 Å². The van der Waals surface area contributed by atoms with Gasteiger partial charge in [0.1, 0.15) is 6.61 Å². The van der Waals surface area contributed by atoms with E-state index in [-0.39, 0.29) is 43.7 Å². The predicted molar refractivity (Wildman–Crippen MR) is 123 cm³/mol. The van der Waals surface area contributed by atoms with Gasteiger partial charge in [0, 0.05) is 18.5 Å². The third kappa shape index (κ3) is 4.60. The number of nitrogens with zero attached hydrogens (tertiary/aromatic N) is 2. The molecule has 2 N–H and O–H groups in total. The zero-order chi connectivity index (χ0) is 24.4. The van der Waals surface area contributed by atoms with E-state index >= 15 is 0 Å². The molecule has 3 aromatic rings. The monoisotopic (exact) mass is 477 g/mol. The molecule has 2 aliphatic rings. The molecule has 0 saturated carbocycles. The summed E-state index contributed by atoms with van der Waals surface area (Å²) in [5.41, 5.74) is 4.39. The van der Waals surface area contributed by atoms with Crippen molar-refractivity contribution in [1.29, 1.82) is 0 Å². The Morgan fingerprint density at radius 2 is 1.77 bits per heavy atom. The quantitative estimate of drug-likeness (QED) is 0.553. The number of aliphatic carboxylic acids is 1. The summed E-state index contributed by atoms with van der Waals surface area (Å²) in [6, 6.07) is 16.7. The van der Waals surface area contributed by atoms with Crippen molar-refractivity contribution in [2.45, 2.75) is 18.4 Å². The van der Waals surface area contributed by atoms with E-state index in [0.717, 1.165) is 22.3 Å². The summed E-state index contributed by atoms with van der Waals surface area (Å²) in [7, 11) is 0. The van der Waals surface area contributed by atoms with E-state index in [4.69, 9.17) is 19.1 Å². The summed E-state index contributed by atoms with van der Waals surface area (Å²) in [5.74, 6) is -1.67. The lowest BCUT2D eigenvalue weighted by Gasteiger charge is -2.34. The highest BCUT2D eigenvalue weighted by Crippen LogP contribution is 2.44. The number of carbonyl (C=O) groups is 3. The fraction of sp³-hybridized carbons (Fsp3) is 0.280. The standard InChI is InChI=1S/C25H23N3O7/c29-23(30)11-15-13-33-10-9-28(15)24(31)21-12-22(35-27-21)26-25(32)34-14-20-18-7-3-1-5-16(18)17-6-2-4-8-19(17)20/h1-8,12,15,20H,9-11,13-14H2,(H,26,32)(H,29,30). The molecular formula is C25H23N3O7. The lowest BCUT2D eigenvalue weighted by Crippen LogP contribution is -2.49. The normalized spacial score (nSPS) is 16.9. The summed E-state index contributed by atoms with van der Waals surface area (Å²) < 4.78 is 15.9. The van der Waals surface area contributed by atoms with Crippen molar-refractivity contribution in [2.75, 3.05) is 31.7 Å². The lowest BCUT2D eigenvalue weighted by molar-refractivity contribution is -0.139. The second kappa shape index (κ2) is 9.59. The van der Waals surface area contributed by atoms with Gasteiger partial charge in [0.25, 0.3) is 5.91 Å². The van der Waals surface area contributed by atoms with Crippen LogP contribution >= 0.6 is 0 Å². The van der Waals surface area contributed by atoms with Crippen molar-refractivity contribution < 1.29 is 33.5 Å². The number of hydrogen-bond acceptors (Lipinski definition) is 7. The number of rotatable bonds is 6. The Morgan fingerprint density at radius 1 is 1.09 bits per heavy atom. The largest absolute Gasteiger partial charge is 0.481 e. The second-order valence-corrected chi connectivity index (χ2v) is 8.35. The van der Waals surface area contributed by atoms with Gasteiger partial charge in [-0.25, -0.2) is 4.79 Å². The number of ether oxygens (including phenoxy) is 2. The Balaban J connectivity index is 1.22. The highest BCUT2D eigenvalue weighted by molar-refractivity contribution is 5.94. The van der Waals surface area contributed by atoms with Gasteiger partial charge < -0.3 is 24.0 Å². The fourth-order valence-electron chi connectivity index (χ4n) is 4.61. The molecule has 35 heavy (non-hydrogen) atoms. The minimum absolute atomic E-state index is 0.0452. The van der Waals surface area contributed by atoms with Gasteiger partial charge in [-0.2, -0.15) is 0 Å². The minimum Gasteiger partial charge on any atom is -0.481 e. The van der Waals surface area contributed by atoms with Crippen LogP contribution in [0.2, 0.25) is 0 Å². The summed E-state index contributed by atoms with van der Waals surface area (Å²) >= 11 is 0. The Morgan fingerprint density at radius 3 is 2.46 bits per heavy atom. The number of morpholine rings is 1. The van der Waals surface area contributed by atoms with Crippen LogP contribution in [0.4, 0.5) is 10.7 Å². The molecule has 1 aromatic heterocycles. The molecule has 1 aliphatic heterocycles. The number of fused-ring (bicyclic) bond motifs is 3. The topological polar surface area (TPSA) is 131 Å². The molecule has 0 radical (unpaired) electrons. The van der Waals surface area contributed by atoms with Gasteiger partial charge in [0.2, 0.25) is 5.88 Å². The summed E-state index contributed by atoms with van der Waals surface area (Å²) in [4.78, 5) is 37.8. The molecule has 1 fully saturated rings. The number of hydrogen-bond donors (Lipinski definition) is 2. The summed E-state index contributed by atoms with van der Waals surface area (Å²) in [6.45, 7) is 0.786. The zero-order valence-electron chi connectivity index (χ0n) is 18.7. The van der Waals surface area contributed by atoms with Crippen molar-refractivity contribution in [2.24, 2.45) is 0 Å². The molecule has 2 amide bonds. The Labute approximate surface area is 200 Å². The van der Waals surface area contributed by atoms with Crippen LogP contribution in [-0.4, -0.2) is 65.5 Å². The van der Waals surface area contributed by atoms with Gasteiger partial charge in [-0.3, -0.25) is 14.9 Å². The van der Waals surface area contributed by atoms with Crippen molar-refractivity contribution in [3.63, 3.8) is 0 Å². The van der Waals surface area contributed by atoms with E-state index in [1.807, 2.05) is 36.4 Å². The van der Waals surface area contributed by atoms with E-state index in [0.29, 0.717) is 6.61 Å². The van der Waals surface area contributed by atoms with E-state index in [1.54, 1.807) is 0 Å². The molecule has 5 rings (SSSR count). The molecule has 2 aromatic carbocycles. The van der Waals surface area contributed by atoms with E-state index < -0.39 is 24.0 Å². The van der Waals surface area contributed by atoms with E-state index in [9.17, 15) is 14.4 Å². The molecule has 0 bridgehead atoms. The van der Waals surface area contributed by atoms with Crippen LogP contribution in [0.25, 0.3) is 11.1 Å². The first-order valence-corrected chi connectivity index (χ1v) is 11.2. The zero-order valence-corrected chi connectivity index (χ0v) is 18.7. The first-order valence-electron chi connectivity index (χ1n) is 11.2. The predicted octanol–water partition coefficient (Wildman–Crippen LogP) is 3.35. The molecule has 10 nitrogen and oxygen atoms in total. The third-order valence-corrected chi connectivity index (χ3v) is 6.20. The maximum atomic E-state index is 12.8. The third-order valence-electron chi connectivity index (χ3n) is 6.20. The number of aromatic nitrogens is 1. The van der Waals surface area contributed by atoms with Crippen molar-refractivity contribution in [3.05, 3.63) is 71.4 Å². The molecule has 2 heterocycles. The minimum atomic E-state index is -1.03. The van der Waals surface area contributed by atoms with Gasteiger partial charge in [-0.05, 0) is 22.3 Å². The highest BCUT2D eigenvalue weighted by Gasteiger charge is 2.32. The van der Waals surface area contributed by atoms with Crippen molar-refractivity contribution in [3.8, 4) is 11.1 Å². The van der Waals surface area contributed by atoms with Gasteiger partial charge in [0.15, 0.2) is 5.69 Å². The number of carboxylic acid groups (broad SMARTS) is 1. The van der Waals surface area contributed by atoms with Gasteiger partial charge >= 0.3 is 12.1 Å². The van der Waals surface area contributed by atoms with Crippen LogP contribution in [0, 0.1) is 0 Å². The number of carbonyl (C=O) groups excluding carboxylic acids is 2. The van der Waals surface area contributed by atoms with Crippen LogP contribution in [0.5, 0.6) is 0 Å². The molecule has 0 spiro atoms. The van der Waals surface area contributed by atoms with Crippen LogP contribution in [-0.2, 0) is 14.3 Å². The van der Waals surface area contributed by atoms with Gasteiger partial charge in [0.05, 0.1) is 25.7 Å². The maximum Gasteiger partial charge on any atom is 0.414 e. The maximum absolute atomic E-state index is 12.8. The molecule has 1 saturated heterocycles. The average Bonchev–Trinajstić information content (AvgIpc) is 3.45. The first kappa shape index (κ1) is 22.6. The highest BCUT2D eigenvalue weighted by atomic mass is 16.6. The average molecular weight is 477 g/mol. The Bertz CT molecular complexity index is 1230. The van der Waals surface area contributed by atoms with Gasteiger partial charge in [-0.15, -0.1) is 0 Å². The van der Waals surface area contributed by atoms with Gasteiger partial charge in [-0.1, -0.05) is 53.7 Å². The molecule has 1 aliphatic carbocycles.